The van der Waals surface area contributed by atoms with Gasteiger partial charge in [-0.05, 0) is 43.7 Å². The molecule has 0 unspecified atom stereocenters. The van der Waals surface area contributed by atoms with Crippen LogP contribution in [0.25, 0.3) is 0 Å². The van der Waals surface area contributed by atoms with Crippen molar-refractivity contribution in [2.45, 2.75) is 25.8 Å². The first-order valence-corrected chi connectivity index (χ1v) is 9.81. The van der Waals surface area contributed by atoms with Crippen LogP contribution in [0.15, 0.2) is 42.0 Å². The number of halogens is 1. The molecule has 29 heavy (non-hydrogen) atoms. The Morgan fingerprint density at radius 2 is 2.00 bits per heavy atom. The van der Waals surface area contributed by atoms with E-state index >= 15 is 0 Å². The predicted octanol–water partition coefficient (Wildman–Crippen LogP) is 2.89. The molecular weight excluding hydrogens is 375 g/mol. The molecule has 3 rings (SSSR count). The first-order chi connectivity index (χ1) is 14.0. The van der Waals surface area contributed by atoms with Crippen LogP contribution in [0.3, 0.4) is 0 Å². The summed E-state index contributed by atoms with van der Waals surface area (Å²) in [5.74, 6) is -0.940. The highest BCUT2D eigenvalue weighted by molar-refractivity contribution is 5.68. The summed E-state index contributed by atoms with van der Waals surface area (Å²) >= 11 is 0. The zero-order chi connectivity index (χ0) is 21.1. The molecule has 1 aliphatic carbocycles. The smallest absolute Gasteiger partial charge is 0.341 e. The summed E-state index contributed by atoms with van der Waals surface area (Å²) in [7, 11) is 2.07. The standard InChI is InChI=1S/C14H19FN2O3.C8H10O/c1-16-4-6-17(7-5-16)9-11-8-12(15)2-3-13(11)20-10-14(18)19;9-7-6-8-4-2-1-3-5-8/h2-3,8H,4-7,9-10H2,1H3,(H,18,19);2,4-5,7H,1,3,6H2. The van der Waals surface area contributed by atoms with E-state index in [9.17, 15) is 14.0 Å². The van der Waals surface area contributed by atoms with Crippen molar-refractivity contribution in [1.29, 1.82) is 0 Å². The third kappa shape index (κ3) is 8.58. The van der Waals surface area contributed by atoms with Crippen LogP contribution >= 0.6 is 0 Å². The lowest BCUT2D eigenvalue weighted by atomic mass is 10.1. The van der Waals surface area contributed by atoms with Crippen molar-refractivity contribution in [2.75, 3.05) is 39.8 Å². The number of carbonyl (C=O) groups is 2. The normalized spacial score (nSPS) is 17.1. The first kappa shape index (κ1) is 22.8. The van der Waals surface area contributed by atoms with Crippen LogP contribution in [0.1, 0.15) is 24.8 Å². The van der Waals surface area contributed by atoms with E-state index in [4.69, 9.17) is 9.84 Å². The number of carbonyl (C=O) groups excluding carboxylic acids is 1. The number of ether oxygens (including phenoxy) is 1. The number of carboxylic acid groups (broad SMARTS) is 1. The van der Waals surface area contributed by atoms with Crippen LogP contribution in [0.2, 0.25) is 0 Å². The van der Waals surface area contributed by atoms with E-state index in [0.717, 1.165) is 50.9 Å². The third-order valence-electron chi connectivity index (χ3n) is 4.75. The fourth-order valence-electron chi connectivity index (χ4n) is 3.11. The Morgan fingerprint density at radius 1 is 1.24 bits per heavy atom. The van der Waals surface area contributed by atoms with Gasteiger partial charge in [0, 0.05) is 44.7 Å². The Labute approximate surface area is 171 Å². The summed E-state index contributed by atoms with van der Waals surface area (Å²) in [6.07, 6.45) is 10.0. The molecule has 1 aromatic rings. The molecule has 0 aromatic heterocycles. The monoisotopic (exact) mass is 404 g/mol. The van der Waals surface area contributed by atoms with Gasteiger partial charge in [0.1, 0.15) is 17.9 Å². The molecule has 0 radical (unpaired) electrons. The minimum Gasteiger partial charge on any atom is -0.482 e. The molecular formula is C22H29FN2O4. The van der Waals surface area contributed by atoms with Crippen LogP contribution in [-0.2, 0) is 16.1 Å². The van der Waals surface area contributed by atoms with Crippen molar-refractivity contribution in [3.8, 4) is 5.75 Å². The van der Waals surface area contributed by atoms with Crippen molar-refractivity contribution in [1.82, 2.24) is 9.80 Å². The molecule has 7 heteroatoms. The second-order valence-corrected chi connectivity index (χ2v) is 7.14. The lowest BCUT2D eigenvalue weighted by Crippen LogP contribution is -2.43. The number of nitrogens with zero attached hydrogens (tertiary/aromatic N) is 2. The number of aliphatic carboxylic acids is 1. The molecule has 6 nitrogen and oxygen atoms in total. The fourth-order valence-corrected chi connectivity index (χ4v) is 3.11. The molecule has 1 aromatic carbocycles. The van der Waals surface area contributed by atoms with Gasteiger partial charge in [0.25, 0.3) is 0 Å². The summed E-state index contributed by atoms with van der Waals surface area (Å²) in [6, 6.07) is 4.18. The molecule has 0 saturated carbocycles. The van der Waals surface area contributed by atoms with Crippen molar-refractivity contribution in [3.05, 3.63) is 53.4 Å². The van der Waals surface area contributed by atoms with Crippen LogP contribution in [0.5, 0.6) is 5.75 Å². The largest absolute Gasteiger partial charge is 0.482 e. The second kappa shape index (κ2) is 12.1. The van der Waals surface area contributed by atoms with Gasteiger partial charge in [0.05, 0.1) is 0 Å². The highest BCUT2D eigenvalue weighted by atomic mass is 19.1. The third-order valence-corrected chi connectivity index (χ3v) is 4.75. The predicted molar refractivity (Wildman–Crippen MR) is 109 cm³/mol. The molecule has 1 fully saturated rings. The van der Waals surface area contributed by atoms with Gasteiger partial charge in [-0.15, -0.1) is 0 Å². The summed E-state index contributed by atoms with van der Waals surface area (Å²) in [5.41, 5.74) is 1.85. The van der Waals surface area contributed by atoms with Gasteiger partial charge in [-0.3, -0.25) is 4.90 Å². The van der Waals surface area contributed by atoms with Gasteiger partial charge in [-0.25, -0.2) is 9.18 Å². The van der Waals surface area contributed by atoms with Crippen molar-refractivity contribution >= 4 is 12.3 Å². The maximum atomic E-state index is 13.4. The number of benzene rings is 1. The number of hydrogen-bond acceptors (Lipinski definition) is 5. The average Bonchev–Trinajstić information content (AvgIpc) is 2.71. The molecule has 1 heterocycles. The molecule has 0 atom stereocenters. The van der Waals surface area contributed by atoms with Gasteiger partial charge in [0.15, 0.2) is 6.61 Å². The molecule has 0 spiro atoms. The Kier molecular flexibility index (Phi) is 9.53. The minimum absolute atomic E-state index is 0.336. The first-order valence-electron chi connectivity index (χ1n) is 9.81. The van der Waals surface area contributed by atoms with Crippen LogP contribution < -0.4 is 4.74 Å². The van der Waals surface area contributed by atoms with Gasteiger partial charge >= 0.3 is 5.97 Å². The molecule has 1 N–H and O–H groups in total. The van der Waals surface area contributed by atoms with Crippen LogP contribution in [-0.4, -0.2) is 67.0 Å². The molecule has 2 aliphatic rings. The van der Waals surface area contributed by atoms with Gasteiger partial charge in [-0.1, -0.05) is 18.2 Å². The maximum Gasteiger partial charge on any atom is 0.341 e. The molecule has 1 saturated heterocycles. The highest BCUT2D eigenvalue weighted by Crippen LogP contribution is 2.22. The molecule has 158 valence electrons. The van der Waals surface area contributed by atoms with Crippen LogP contribution in [0, 0.1) is 5.82 Å². The average molecular weight is 404 g/mol. The lowest BCUT2D eigenvalue weighted by Gasteiger charge is -2.32. The summed E-state index contributed by atoms with van der Waals surface area (Å²) in [6.45, 7) is 3.92. The van der Waals surface area contributed by atoms with E-state index in [1.807, 2.05) is 6.08 Å². The number of allylic oxidation sites excluding steroid dienone is 4. The van der Waals surface area contributed by atoms with E-state index in [0.29, 0.717) is 24.3 Å². The molecule has 0 amide bonds. The van der Waals surface area contributed by atoms with Gasteiger partial charge in [-0.2, -0.15) is 0 Å². The van der Waals surface area contributed by atoms with Gasteiger partial charge < -0.3 is 19.5 Å². The van der Waals surface area contributed by atoms with Crippen LogP contribution in [0.4, 0.5) is 4.39 Å². The zero-order valence-electron chi connectivity index (χ0n) is 16.8. The SMILES string of the molecule is CN1CCN(Cc2cc(F)ccc2OCC(=O)O)CC1.O=CCC1=CCCC=C1. The van der Waals surface area contributed by atoms with Crippen molar-refractivity contribution in [3.63, 3.8) is 0 Å². The Morgan fingerprint density at radius 3 is 2.62 bits per heavy atom. The zero-order valence-corrected chi connectivity index (χ0v) is 16.8. The highest BCUT2D eigenvalue weighted by Gasteiger charge is 2.16. The summed E-state index contributed by atoms with van der Waals surface area (Å²) in [4.78, 5) is 25.0. The van der Waals surface area contributed by atoms with Crippen molar-refractivity contribution < 1.29 is 23.8 Å². The lowest BCUT2D eigenvalue weighted by molar-refractivity contribution is -0.139. The topological polar surface area (TPSA) is 70.1 Å². The number of aldehydes is 1. The number of likely N-dealkylation sites (N-methyl/N-ethyl adjacent to an activating group) is 1. The van der Waals surface area contributed by atoms with E-state index < -0.39 is 12.6 Å². The van der Waals surface area contributed by atoms with Gasteiger partial charge in [0.2, 0.25) is 0 Å². The summed E-state index contributed by atoms with van der Waals surface area (Å²) in [5, 5.41) is 8.66. The number of carboxylic acids is 1. The van der Waals surface area contributed by atoms with E-state index in [1.54, 1.807) is 0 Å². The number of hydrogen-bond donors (Lipinski definition) is 1. The second-order valence-electron chi connectivity index (χ2n) is 7.14. The fraction of sp³-hybridized carbons (Fsp3) is 0.455. The van der Waals surface area contributed by atoms with E-state index in [1.165, 1.54) is 18.2 Å². The molecule has 0 bridgehead atoms. The number of rotatable bonds is 7. The molecule has 1 aliphatic heterocycles. The quantitative estimate of drug-likeness (QED) is 0.705. The Bertz CT molecular complexity index is 740. The Balaban J connectivity index is 0.000000278. The van der Waals surface area contributed by atoms with E-state index in [-0.39, 0.29) is 5.82 Å². The summed E-state index contributed by atoms with van der Waals surface area (Å²) < 4.78 is 18.6. The minimum atomic E-state index is -1.04. The van der Waals surface area contributed by atoms with E-state index in [2.05, 4.69) is 29.0 Å². The maximum absolute atomic E-state index is 13.4. The number of piperazine rings is 1. The Hall–Kier alpha value is -2.51. The van der Waals surface area contributed by atoms with Crippen molar-refractivity contribution in [2.24, 2.45) is 0 Å².